The van der Waals surface area contributed by atoms with E-state index in [1.165, 1.54) is 0 Å². The van der Waals surface area contributed by atoms with Gasteiger partial charge in [-0.05, 0) is 6.92 Å². The van der Waals surface area contributed by atoms with E-state index >= 15 is 0 Å². The Kier molecular flexibility index (Phi) is 3.43. The van der Waals surface area contributed by atoms with Crippen molar-refractivity contribution in [3.8, 4) is 6.07 Å². The summed E-state index contributed by atoms with van der Waals surface area (Å²) in [6.07, 6.45) is 1.60. The first-order valence-corrected chi connectivity index (χ1v) is 5.15. The SMILES string of the molecule is CCc1nc(CC)n(CC(C)(N)C#N)n1. The summed E-state index contributed by atoms with van der Waals surface area (Å²) in [5, 5.41) is 13.2. The van der Waals surface area contributed by atoms with E-state index in [1.807, 2.05) is 13.8 Å². The first-order chi connectivity index (χ1) is 7.02. The van der Waals surface area contributed by atoms with Crippen LogP contribution < -0.4 is 5.73 Å². The minimum absolute atomic E-state index is 0.389. The molecule has 5 nitrogen and oxygen atoms in total. The Bertz CT molecular complexity index is 372. The summed E-state index contributed by atoms with van der Waals surface area (Å²) in [6, 6.07) is 2.06. The van der Waals surface area contributed by atoms with Gasteiger partial charge in [0.05, 0.1) is 12.6 Å². The average Bonchev–Trinajstić information content (AvgIpc) is 2.59. The van der Waals surface area contributed by atoms with Crippen LogP contribution >= 0.6 is 0 Å². The fraction of sp³-hybridized carbons (Fsp3) is 0.700. The molecule has 0 aliphatic heterocycles. The van der Waals surface area contributed by atoms with Crippen LogP contribution in [0.25, 0.3) is 0 Å². The van der Waals surface area contributed by atoms with Gasteiger partial charge in [-0.2, -0.15) is 10.4 Å². The van der Waals surface area contributed by atoms with Crippen LogP contribution in [-0.2, 0) is 19.4 Å². The van der Waals surface area contributed by atoms with Gasteiger partial charge in [0, 0.05) is 12.8 Å². The molecule has 0 amide bonds. The minimum atomic E-state index is -0.886. The molecule has 1 atom stereocenters. The second kappa shape index (κ2) is 4.41. The molecule has 1 heterocycles. The van der Waals surface area contributed by atoms with Crippen molar-refractivity contribution in [2.75, 3.05) is 0 Å². The van der Waals surface area contributed by atoms with Crippen LogP contribution in [0.3, 0.4) is 0 Å². The molecule has 0 spiro atoms. The molecule has 1 rings (SSSR count). The third-order valence-corrected chi connectivity index (χ3v) is 2.16. The van der Waals surface area contributed by atoms with Gasteiger partial charge in [-0.3, -0.25) is 0 Å². The van der Waals surface area contributed by atoms with E-state index in [1.54, 1.807) is 11.6 Å². The number of nitrogens with two attached hydrogens (primary N) is 1. The second-order valence-electron chi connectivity index (χ2n) is 3.84. The Labute approximate surface area is 89.9 Å². The lowest BCUT2D eigenvalue weighted by molar-refractivity contribution is 0.445. The molecule has 0 fully saturated rings. The van der Waals surface area contributed by atoms with Crippen LogP contribution in [0.5, 0.6) is 0 Å². The molecule has 0 aromatic carbocycles. The summed E-state index contributed by atoms with van der Waals surface area (Å²) in [4.78, 5) is 4.35. The Balaban J connectivity index is 2.94. The third kappa shape index (κ3) is 2.77. The molecule has 1 unspecified atom stereocenters. The Hall–Kier alpha value is -1.41. The smallest absolute Gasteiger partial charge is 0.150 e. The van der Waals surface area contributed by atoms with Gasteiger partial charge in [0.15, 0.2) is 5.82 Å². The van der Waals surface area contributed by atoms with Gasteiger partial charge in [0.1, 0.15) is 11.4 Å². The third-order valence-electron chi connectivity index (χ3n) is 2.16. The van der Waals surface area contributed by atoms with Crippen LogP contribution in [-0.4, -0.2) is 20.3 Å². The van der Waals surface area contributed by atoms with E-state index in [4.69, 9.17) is 11.0 Å². The summed E-state index contributed by atoms with van der Waals surface area (Å²) in [6.45, 7) is 6.10. The van der Waals surface area contributed by atoms with E-state index in [0.717, 1.165) is 24.5 Å². The maximum absolute atomic E-state index is 8.85. The van der Waals surface area contributed by atoms with Gasteiger partial charge in [0.25, 0.3) is 0 Å². The van der Waals surface area contributed by atoms with Gasteiger partial charge < -0.3 is 5.73 Å². The van der Waals surface area contributed by atoms with E-state index in [9.17, 15) is 0 Å². The first kappa shape index (κ1) is 11.7. The second-order valence-corrected chi connectivity index (χ2v) is 3.84. The number of rotatable bonds is 4. The molecule has 0 bridgehead atoms. The van der Waals surface area contributed by atoms with E-state index in [-0.39, 0.29) is 0 Å². The summed E-state index contributed by atoms with van der Waals surface area (Å²) in [5.74, 6) is 1.69. The van der Waals surface area contributed by atoms with E-state index < -0.39 is 5.54 Å². The molecule has 1 aromatic rings. The van der Waals surface area contributed by atoms with Crippen LogP contribution in [0, 0.1) is 11.3 Å². The fourth-order valence-electron chi connectivity index (χ4n) is 1.31. The molecule has 0 radical (unpaired) electrons. The molecule has 0 saturated carbocycles. The number of nitriles is 1. The highest BCUT2D eigenvalue weighted by molar-refractivity contribution is 5.03. The predicted molar refractivity (Wildman–Crippen MR) is 57.0 cm³/mol. The van der Waals surface area contributed by atoms with Gasteiger partial charge in [0.2, 0.25) is 0 Å². The molecule has 0 aliphatic carbocycles. The molecule has 15 heavy (non-hydrogen) atoms. The van der Waals surface area contributed by atoms with Crippen molar-refractivity contribution in [1.82, 2.24) is 14.8 Å². The normalized spacial score (nSPS) is 14.6. The lowest BCUT2D eigenvalue weighted by atomic mass is 10.1. The van der Waals surface area contributed by atoms with Gasteiger partial charge in [-0.15, -0.1) is 0 Å². The lowest BCUT2D eigenvalue weighted by Crippen LogP contribution is -2.39. The monoisotopic (exact) mass is 207 g/mol. The zero-order valence-electron chi connectivity index (χ0n) is 9.49. The standard InChI is InChI=1S/C10H17N5/c1-4-8-13-9(5-2)15(14-8)7-10(3,12)6-11/h4-5,7,12H2,1-3H3. The van der Waals surface area contributed by atoms with Crippen LogP contribution in [0.4, 0.5) is 0 Å². The molecule has 1 aromatic heterocycles. The van der Waals surface area contributed by atoms with Crippen molar-refractivity contribution >= 4 is 0 Å². The zero-order valence-corrected chi connectivity index (χ0v) is 9.49. The number of nitrogens with zero attached hydrogens (tertiary/aromatic N) is 4. The number of hydrogen-bond acceptors (Lipinski definition) is 4. The highest BCUT2D eigenvalue weighted by Crippen LogP contribution is 2.06. The van der Waals surface area contributed by atoms with Crippen molar-refractivity contribution in [3.63, 3.8) is 0 Å². The first-order valence-electron chi connectivity index (χ1n) is 5.15. The Morgan fingerprint density at radius 1 is 1.47 bits per heavy atom. The van der Waals surface area contributed by atoms with Crippen LogP contribution in [0.2, 0.25) is 0 Å². The topological polar surface area (TPSA) is 80.5 Å². The average molecular weight is 207 g/mol. The van der Waals surface area contributed by atoms with Gasteiger partial charge >= 0.3 is 0 Å². The largest absolute Gasteiger partial charge is 0.312 e. The summed E-state index contributed by atoms with van der Waals surface area (Å²) >= 11 is 0. The quantitative estimate of drug-likeness (QED) is 0.785. The van der Waals surface area contributed by atoms with Crippen molar-refractivity contribution in [2.24, 2.45) is 5.73 Å². The number of hydrogen-bond donors (Lipinski definition) is 1. The molecule has 0 aliphatic rings. The maximum atomic E-state index is 8.85. The van der Waals surface area contributed by atoms with Crippen molar-refractivity contribution < 1.29 is 0 Å². The lowest BCUT2D eigenvalue weighted by Gasteiger charge is -2.15. The van der Waals surface area contributed by atoms with Gasteiger partial charge in [-0.25, -0.2) is 9.67 Å². The number of aryl methyl sites for hydroxylation is 2. The highest BCUT2D eigenvalue weighted by atomic mass is 15.4. The predicted octanol–water partition coefficient (Wildman–Crippen LogP) is 0.644. The molecule has 0 saturated heterocycles. The number of aromatic nitrogens is 3. The summed E-state index contributed by atoms with van der Waals surface area (Å²) in [5.41, 5.74) is 4.89. The highest BCUT2D eigenvalue weighted by Gasteiger charge is 2.20. The van der Waals surface area contributed by atoms with Crippen LogP contribution in [0.15, 0.2) is 0 Å². The molecule has 82 valence electrons. The van der Waals surface area contributed by atoms with Crippen molar-refractivity contribution in [3.05, 3.63) is 11.6 Å². The molecule has 5 heteroatoms. The zero-order chi connectivity index (χ0) is 11.5. The Morgan fingerprint density at radius 2 is 2.13 bits per heavy atom. The summed E-state index contributed by atoms with van der Waals surface area (Å²) < 4.78 is 1.74. The molecular weight excluding hydrogens is 190 g/mol. The van der Waals surface area contributed by atoms with Crippen molar-refractivity contribution in [1.29, 1.82) is 5.26 Å². The molecule has 2 N–H and O–H groups in total. The molecular formula is C10H17N5. The van der Waals surface area contributed by atoms with Crippen LogP contribution in [0.1, 0.15) is 32.4 Å². The van der Waals surface area contributed by atoms with Crippen molar-refractivity contribution in [2.45, 2.75) is 45.7 Å². The van der Waals surface area contributed by atoms with E-state index in [2.05, 4.69) is 16.2 Å². The Morgan fingerprint density at radius 3 is 2.60 bits per heavy atom. The van der Waals surface area contributed by atoms with E-state index in [0.29, 0.717) is 6.54 Å². The summed E-state index contributed by atoms with van der Waals surface area (Å²) in [7, 11) is 0. The maximum Gasteiger partial charge on any atom is 0.150 e. The minimum Gasteiger partial charge on any atom is -0.312 e. The fourth-order valence-corrected chi connectivity index (χ4v) is 1.31. The van der Waals surface area contributed by atoms with Gasteiger partial charge in [-0.1, -0.05) is 13.8 Å².